The van der Waals surface area contributed by atoms with E-state index in [1.54, 1.807) is 16.8 Å². The molecule has 0 N–H and O–H groups in total. The average molecular weight is 283 g/mol. The summed E-state index contributed by atoms with van der Waals surface area (Å²) in [5.74, 6) is 0.115. The summed E-state index contributed by atoms with van der Waals surface area (Å²) >= 11 is 1.39. The molecule has 2 aromatic heterocycles. The fraction of sp³-hybridized carbons (Fsp3) is 0.250. The van der Waals surface area contributed by atoms with E-state index in [1.165, 1.54) is 17.6 Å². The minimum atomic E-state index is -4.47. The first-order valence-corrected chi connectivity index (χ1v) is 6.48. The van der Waals surface area contributed by atoms with Gasteiger partial charge in [0.05, 0.1) is 12.2 Å². The van der Waals surface area contributed by atoms with E-state index in [9.17, 15) is 13.2 Å². The molecular formula is C12H8F3N3S. The molecule has 0 saturated heterocycles. The maximum absolute atomic E-state index is 13.1. The largest absolute Gasteiger partial charge is 0.433 e. The molecule has 0 unspecified atom stereocenters. The number of fused-ring (bicyclic) bond motifs is 1. The van der Waals surface area contributed by atoms with Gasteiger partial charge in [-0.05, 0) is 11.4 Å². The van der Waals surface area contributed by atoms with E-state index in [0.717, 1.165) is 0 Å². The molecule has 0 aliphatic carbocycles. The number of nitrogens with zero attached hydrogens (tertiary/aromatic N) is 3. The number of hydrogen-bond donors (Lipinski definition) is 0. The molecule has 0 radical (unpaired) electrons. The summed E-state index contributed by atoms with van der Waals surface area (Å²) < 4.78 is 39.2. The number of aromatic nitrogens is 2. The highest BCUT2D eigenvalue weighted by Crippen LogP contribution is 2.34. The molecular weight excluding hydrogens is 275 g/mol. The van der Waals surface area contributed by atoms with Crippen molar-refractivity contribution in [1.82, 2.24) is 9.97 Å². The smallest absolute Gasteiger partial charge is 0.291 e. The maximum atomic E-state index is 13.1. The van der Waals surface area contributed by atoms with E-state index in [0.29, 0.717) is 11.3 Å². The minimum Gasteiger partial charge on any atom is -0.291 e. The zero-order valence-corrected chi connectivity index (χ0v) is 10.4. The van der Waals surface area contributed by atoms with E-state index in [4.69, 9.17) is 0 Å². The Morgan fingerprint density at radius 1 is 1.21 bits per heavy atom. The molecule has 19 heavy (non-hydrogen) atoms. The van der Waals surface area contributed by atoms with Gasteiger partial charge >= 0.3 is 6.18 Å². The van der Waals surface area contributed by atoms with Crippen molar-refractivity contribution in [3.8, 4) is 11.4 Å². The van der Waals surface area contributed by atoms with Gasteiger partial charge in [-0.1, -0.05) is 0 Å². The van der Waals surface area contributed by atoms with E-state index in [2.05, 4.69) is 15.0 Å². The Hall–Kier alpha value is -1.76. The summed E-state index contributed by atoms with van der Waals surface area (Å²) in [5, 5.41) is 3.51. The average Bonchev–Trinajstić information content (AvgIpc) is 2.90. The Bertz CT molecular complexity index is 632. The van der Waals surface area contributed by atoms with Crippen molar-refractivity contribution in [2.24, 2.45) is 4.99 Å². The number of rotatable bonds is 1. The first-order valence-electron chi connectivity index (χ1n) is 5.53. The van der Waals surface area contributed by atoms with Gasteiger partial charge in [0, 0.05) is 29.1 Å². The highest BCUT2D eigenvalue weighted by atomic mass is 32.1. The molecule has 1 aliphatic rings. The third-order valence-corrected chi connectivity index (χ3v) is 3.49. The zero-order valence-electron chi connectivity index (χ0n) is 9.61. The van der Waals surface area contributed by atoms with E-state index >= 15 is 0 Å². The van der Waals surface area contributed by atoms with Gasteiger partial charge in [-0.25, -0.2) is 9.97 Å². The third kappa shape index (κ3) is 2.25. The summed E-state index contributed by atoms with van der Waals surface area (Å²) in [5.41, 5.74) is 0.269. The number of aliphatic imine (C=N–C) groups is 1. The molecule has 0 amide bonds. The van der Waals surface area contributed by atoms with Crippen molar-refractivity contribution in [3.63, 3.8) is 0 Å². The Morgan fingerprint density at radius 3 is 2.74 bits per heavy atom. The second-order valence-electron chi connectivity index (χ2n) is 4.06. The molecule has 3 heterocycles. The quantitative estimate of drug-likeness (QED) is 0.805. The summed E-state index contributed by atoms with van der Waals surface area (Å²) in [6, 6.07) is 1.71. The SMILES string of the molecule is FC(F)(F)c1nc(-c2ccsc2)nc2c1CC=NC2. The van der Waals surface area contributed by atoms with Crippen LogP contribution < -0.4 is 0 Å². The van der Waals surface area contributed by atoms with Crippen LogP contribution in [0.3, 0.4) is 0 Å². The first-order chi connectivity index (χ1) is 9.05. The molecule has 2 aromatic rings. The molecule has 3 nitrogen and oxygen atoms in total. The molecule has 0 aromatic carbocycles. The van der Waals surface area contributed by atoms with Gasteiger partial charge < -0.3 is 0 Å². The lowest BCUT2D eigenvalue weighted by atomic mass is 10.1. The molecule has 98 valence electrons. The Morgan fingerprint density at radius 2 is 2.05 bits per heavy atom. The van der Waals surface area contributed by atoms with Crippen molar-refractivity contribution in [2.45, 2.75) is 19.1 Å². The molecule has 3 rings (SSSR count). The van der Waals surface area contributed by atoms with Crippen molar-refractivity contribution >= 4 is 17.6 Å². The Kier molecular flexibility index (Phi) is 2.85. The van der Waals surface area contributed by atoms with Crippen LogP contribution in [-0.2, 0) is 19.1 Å². The summed E-state index contributed by atoms with van der Waals surface area (Å²) in [4.78, 5) is 11.9. The van der Waals surface area contributed by atoms with Gasteiger partial charge in [0.15, 0.2) is 11.5 Å². The van der Waals surface area contributed by atoms with Crippen molar-refractivity contribution in [1.29, 1.82) is 0 Å². The van der Waals surface area contributed by atoms with Crippen LogP contribution in [-0.4, -0.2) is 16.2 Å². The standard InChI is InChI=1S/C12H8F3N3S/c13-12(14,15)10-8-1-3-16-5-9(8)17-11(18-10)7-2-4-19-6-7/h2-4,6H,1,5H2. The van der Waals surface area contributed by atoms with Crippen LogP contribution in [0.2, 0.25) is 0 Å². The number of alkyl halides is 3. The van der Waals surface area contributed by atoms with Crippen LogP contribution in [0, 0.1) is 0 Å². The van der Waals surface area contributed by atoms with Gasteiger partial charge in [0.25, 0.3) is 0 Å². The van der Waals surface area contributed by atoms with Crippen molar-refractivity contribution < 1.29 is 13.2 Å². The molecule has 0 spiro atoms. The van der Waals surface area contributed by atoms with Gasteiger partial charge in [-0.15, -0.1) is 0 Å². The summed E-state index contributed by atoms with van der Waals surface area (Å²) in [6.07, 6.45) is -2.86. The maximum Gasteiger partial charge on any atom is 0.433 e. The van der Waals surface area contributed by atoms with Crippen LogP contribution >= 0.6 is 11.3 Å². The minimum absolute atomic E-state index is 0.115. The van der Waals surface area contributed by atoms with Crippen LogP contribution in [0.5, 0.6) is 0 Å². The highest BCUT2D eigenvalue weighted by Gasteiger charge is 2.37. The van der Waals surface area contributed by atoms with E-state index < -0.39 is 11.9 Å². The van der Waals surface area contributed by atoms with Crippen molar-refractivity contribution in [2.75, 3.05) is 0 Å². The first kappa shape index (κ1) is 12.3. The molecule has 0 saturated carbocycles. The molecule has 0 atom stereocenters. The third-order valence-electron chi connectivity index (χ3n) is 2.81. The van der Waals surface area contributed by atoms with Crippen LogP contribution in [0.25, 0.3) is 11.4 Å². The number of halogens is 3. The molecule has 0 fully saturated rings. The fourth-order valence-electron chi connectivity index (χ4n) is 1.94. The summed E-state index contributed by atoms with van der Waals surface area (Å²) in [7, 11) is 0. The van der Waals surface area contributed by atoms with Crippen LogP contribution in [0.15, 0.2) is 21.8 Å². The second kappa shape index (κ2) is 4.41. The van der Waals surface area contributed by atoms with Gasteiger partial charge in [0.2, 0.25) is 0 Å². The lowest BCUT2D eigenvalue weighted by Gasteiger charge is -2.17. The van der Waals surface area contributed by atoms with Crippen LogP contribution in [0.1, 0.15) is 17.0 Å². The van der Waals surface area contributed by atoms with Crippen LogP contribution in [0.4, 0.5) is 13.2 Å². The fourth-order valence-corrected chi connectivity index (χ4v) is 2.57. The topological polar surface area (TPSA) is 38.1 Å². The van der Waals surface area contributed by atoms with Crippen molar-refractivity contribution in [3.05, 3.63) is 33.8 Å². The lowest BCUT2D eigenvalue weighted by Crippen LogP contribution is -2.18. The van der Waals surface area contributed by atoms with E-state index in [1.807, 2.05) is 0 Å². The Balaban J connectivity index is 2.20. The molecule has 7 heteroatoms. The van der Waals surface area contributed by atoms with Gasteiger partial charge in [-0.3, -0.25) is 4.99 Å². The van der Waals surface area contributed by atoms with E-state index in [-0.39, 0.29) is 24.4 Å². The number of hydrogen-bond acceptors (Lipinski definition) is 4. The monoisotopic (exact) mass is 283 g/mol. The predicted octanol–water partition coefficient (Wildman–Crippen LogP) is 3.35. The predicted molar refractivity (Wildman–Crippen MR) is 66.2 cm³/mol. The Labute approximate surface area is 110 Å². The second-order valence-corrected chi connectivity index (χ2v) is 4.84. The van der Waals surface area contributed by atoms with Gasteiger partial charge in [0.1, 0.15) is 0 Å². The molecule has 1 aliphatic heterocycles. The number of thiophene rings is 1. The normalized spacial score (nSPS) is 14.5. The summed E-state index contributed by atoms with van der Waals surface area (Å²) in [6.45, 7) is 0.179. The highest BCUT2D eigenvalue weighted by molar-refractivity contribution is 7.08. The zero-order chi connectivity index (χ0) is 13.5. The lowest BCUT2D eigenvalue weighted by molar-refractivity contribution is -0.141. The molecule has 0 bridgehead atoms. The van der Waals surface area contributed by atoms with Gasteiger partial charge in [-0.2, -0.15) is 24.5 Å².